The number of fused-ring (bicyclic) bond motifs is 1. The number of nitrogens with one attached hydrogen (secondary N) is 2. The average Bonchev–Trinajstić information content (AvgIpc) is 3.31. The van der Waals surface area contributed by atoms with E-state index in [1.54, 1.807) is 14.2 Å². The van der Waals surface area contributed by atoms with Crippen molar-refractivity contribution in [3.63, 3.8) is 0 Å². The van der Waals surface area contributed by atoms with E-state index in [0.29, 0.717) is 13.2 Å². The van der Waals surface area contributed by atoms with Crippen molar-refractivity contribution in [2.45, 2.75) is 12.5 Å². The van der Waals surface area contributed by atoms with E-state index in [0.717, 1.165) is 58.9 Å². The van der Waals surface area contributed by atoms with Gasteiger partial charge in [0.2, 0.25) is 0 Å². The Morgan fingerprint density at radius 1 is 1.12 bits per heavy atom. The molecule has 2 N–H and O–H groups in total. The number of carbonyl (C=O) groups is 1. The highest BCUT2D eigenvalue weighted by Gasteiger charge is 2.27. The van der Waals surface area contributed by atoms with Gasteiger partial charge in [-0.05, 0) is 49.5 Å². The quantitative estimate of drug-likeness (QED) is 0.509. The molecular formula is C25H30N4O4. The molecule has 3 aromatic rings. The zero-order chi connectivity index (χ0) is 23.2. The number of carbonyl (C=O) groups excluding carboxylic acids is 1. The van der Waals surface area contributed by atoms with Crippen molar-refractivity contribution in [2.75, 3.05) is 52.3 Å². The van der Waals surface area contributed by atoms with Crippen LogP contribution in [0.2, 0.25) is 0 Å². The van der Waals surface area contributed by atoms with E-state index in [-0.39, 0.29) is 6.10 Å². The highest BCUT2D eigenvalue weighted by atomic mass is 16.6. The number of methoxy groups -OCH3 is 1. The van der Waals surface area contributed by atoms with E-state index in [2.05, 4.69) is 21.6 Å². The Morgan fingerprint density at radius 2 is 1.91 bits per heavy atom. The van der Waals surface area contributed by atoms with Crippen LogP contribution in [0.1, 0.15) is 6.42 Å². The summed E-state index contributed by atoms with van der Waals surface area (Å²) < 4.78 is 16.7. The highest BCUT2D eigenvalue weighted by Crippen LogP contribution is 2.35. The van der Waals surface area contributed by atoms with Crippen LogP contribution in [0.5, 0.6) is 11.5 Å². The minimum atomic E-state index is -0.399. The third-order valence-corrected chi connectivity index (χ3v) is 5.73. The molecule has 0 spiro atoms. The summed E-state index contributed by atoms with van der Waals surface area (Å²) in [6, 6.07) is 16.0. The van der Waals surface area contributed by atoms with Gasteiger partial charge < -0.3 is 29.7 Å². The summed E-state index contributed by atoms with van der Waals surface area (Å²) in [5.74, 6) is 1.58. The topological polar surface area (TPSA) is 85.0 Å². The maximum absolute atomic E-state index is 11.7. The van der Waals surface area contributed by atoms with Gasteiger partial charge in [0.25, 0.3) is 0 Å². The summed E-state index contributed by atoms with van der Waals surface area (Å²) in [5, 5.41) is 6.63. The molecule has 1 saturated heterocycles. The first kappa shape index (κ1) is 22.7. The van der Waals surface area contributed by atoms with Gasteiger partial charge in [0.05, 0.1) is 24.9 Å². The number of nitrogens with zero attached hydrogens (tertiary/aromatic N) is 2. The fourth-order valence-electron chi connectivity index (χ4n) is 3.97. The number of likely N-dealkylation sites (N-methyl/N-ethyl adjacent to an activating group) is 1. The Labute approximate surface area is 193 Å². The fraction of sp³-hybridized carbons (Fsp3) is 0.360. The van der Waals surface area contributed by atoms with Crippen LogP contribution < -0.4 is 25.0 Å². The van der Waals surface area contributed by atoms with Crippen LogP contribution in [0.15, 0.2) is 48.5 Å². The molecule has 1 fully saturated rings. The molecule has 4 rings (SSSR count). The van der Waals surface area contributed by atoms with Crippen LogP contribution in [0.4, 0.5) is 10.5 Å². The maximum Gasteiger partial charge on any atom is 0.407 e. The predicted octanol–water partition coefficient (Wildman–Crippen LogP) is 3.44. The van der Waals surface area contributed by atoms with Gasteiger partial charge in [0, 0.05) is 49.3 Å². The zero-order valence-corrected chi connectivity index (χ0v) is 19.3. The normalized spacial score (nSPS) is 15.5. The highest BCUT2D eigenvalue weighted by molar-refractivity contribution is 5.95. The molecule has 8 nitrogen and oxygen atoms in total. The van der Waals surface area contributed by atoms with E-state index < -0.39 is 6.09 Å². The van der Waals surface area contributed by atoms with Gasteiger partial charge in [-0.1, -0.05) is 0 Å². The fourth-order valence-corrected chi connectivity index (χ4v) is 3.97. The molecule has 174 valence electrons. The van der Waals surface area contributed by atoms with Gasteiger partial charge in [-0.25, -0.2) is 9.78 Å². The molecule has 1 aliphatic rings. The third kappa shape index (κ3) is 5.28. The summed E-state index contributed by atoms with van der Waals surface area (Å²) in [4.78, 5) is 18.8. The lowest BCUT2D eigenvalue weighted by molar-refractivity contribution is 0.110. The Morgan fingerprint density at radius 3 is 2.64 bits per heavy atom. The van der Waals surface area contributed by atoms with Crippen LogP contribution in [0, 0.1) is 0 Å². The largest absolute Gasteiger partial charge is 0.497 e. The minimum Gasteiger partial charge on any atom is -0.497 e. The van der Waals surface area contributed by atoms with Crippen LogP contribution in [-0.4, -0.2) is 64.6 Å². The Kier molecular flexibility index (Phi) is 7.14. The number of pyridine rings is 1. The van der Waals surface area contributed by atoms with Crippen molar-refractivity contribution < 1.29 is 19.0 Å². The number of amides is 1. The van der Waals surface area contributed by atoms with Crippen molar-refractivity contribution >= 4 is 22.7 Å². The van der Waals surface area contributed by atoms with Gasteiger partial charge in [0.15, 0.2) is 0 Å². The Balaban J connectivity index is 1.66. The summed E-state index contributed by atoms with van der Waals surface area (Å²) in [6.45, 7) is 2.84. The molecule has 2 heterocycles. The number of anilines is 1. The van der Waals surface area contributed by atoms with E-state index in [1.807, 2.05) is 49.5 Å². The van der Waals surface area contributed by atoms with Crippen molar-refractivity contribution in [3.05, 3.63) is 48.5 Å². The van der Waals surface area contributed by atoms with Crippen LogP contribution in [-0.2, 0) is 4.74 Å². The first-order chi connectivity index (χ1) is 16.1. The second kappa shape index (κ2) is 10.4. The molecule has 0 radical (unpaired) electrons. The molecule has 1 aromatic heterocycles. The number of ether oxygens (including phenoxy) is 3. The van der Waals surface area contributed by atoms with E-state index in [4.69, 9.17) is 19.2 Å². The molecule has 8 heteroatoms. The first-order valence-corrected chi connectivity index (χ1v) is 11.1. The number of alkyl carbamates (subject to hydrolysis) is 1. The number of aromatic nitrogens is 1. The molecular weight excluding hydrogens is 420 g/mol. The SMILES string of the molecule is CNCCOc1ccc(-c2cc(N3CCC(OC(=O)NC)C3)c3ccc(OC)cc3n2)cc1. The molecule has 0 bridgehead atoms. The second-order valence-electron chi connectivity index (χ2n) is 7.90. The molecule has 2 aromatic carbocycles. The van der Waals surface area contributed by atoms with E-state index in [1.165, 1.54) is 0 Å². The van der Waals surface area contributed by atoms with Crippen LogP contribution in [0.25, 0.3) is 22.2 Å². The summed E-state index contributed by atoms with van der Waals surface area (Å²) in [6.07, 6.45) is 0.231. The lowest BCUT2D eigenvalue weighted by Gasteiger charge is -2.22. The number of hydrogen-bond acceptors (Lipinski definition) is 7. The number of benzene rings is 2. The molecule has 33 heavy (non-hydrogen) atoms. The smallest absolute Gasteiger partial charge is 0.407 e. The lowest BCUT2D eigenvalue weighted by atomic mass is 10.1. The van der Waals surface area contributed by atoms with Gasteiger partial charge in [-0.3, -0.25) is 0 Å². The van der Waals surface area contributed by atoms with E-state index >= 15 is 0 Å². The molecule has 1 aliphatic heterocycles. The van der Waals surface area contributed by atoms with Crippen LogP contribution >= 0.6 is 0 Å². The van der Waals surface area contributed by atoms with Gasteiger partial charge in [-0.2, -0.15) is 0 Å². The third-order valence-electron chi connectivity index (χ3n) is 5.73. The van der Waals surface area contributed by atoms with Crippen molar-refractivity contribution in [2.24, 2.45) is 0 Å². The van der Waals surface area contributed by atoms with E-state index in [9.17, 15) is 4.79 Å². The molecule has 1 atom stereocenters. The summed E-state index contributed by atoms with van der Waals surface area (Å²) in [7, 11) is 5.12. The maximum atomic E-state index is 11.7. The van der Waals surface area contributed by atoms with Crippen molar-refractivity contribution in [3.8, 4) is 22.8 Å². The molecule has 1 amide bonds. The standard InChI is InChI=1S/C25H30N4O4/c1-26-11-13-32-18-6-4-17(5-7-18)22-15-24(21-9-8-19(31-3)14-23(21)28-22)29-12-10-20(16-29)33-25(30)27-2/h4-9,14-15,20,26H,10-13,16H2,1-3H3,(H,27,30). The summed E-state index contributed by atoms with van der Waals surface area (Å²) in [5.41, 5.74) is 3.78. The van der Waals surface area contributed by atoms with Gasteiger partial charge >= 0.3 is 6.09 Å². The predicted molar refractivity (Wildman–Crippen MR) is 129 cm³/mol. The van der Waals surface area contributed by atoms with Crippen molar-refractivity contribution in [1.29, 1.82) is 0 Å². The average molecular weight is 451 g/mol. The van der Waals surface area contributed by atoms with Gasteiger partial charge in [-0.15, -0.1) is 0 Å². The first-order valence-electron chi connectivity index (χ1n) is 11.1. The van der Waals surface area contributed by atoms with Crippen molar-refractivity contribution in [1.82, 2.24) is 15.6 Å². The lowest BCUT2D eigenvalue weighted by Crippen LogP contribution is -2.29. The second-order valence-corrected chi connectivity index (χ2v) is 7.90. The number of hydrogen-bond donors (Lipinski definition) is 2. The molecule has 0 saturated carbocycles. The Hall–Kier alpha value is -3.52. The zero-order valence-electron chi connectivity index (χ0n) is 19.3. The number of rotatable bonds is 8. The molecule has 0 aliphatic carbocycles. The molecule has 1 unspecified atom stereocenters. The monoisotopic (exact) mass is 450 g/mol. The minimum absolute atomic E-state index is 0.149. The van der Waals surface area contributed by atoms with Gasteiger partial charge in [0.1, 0.15) is 24.2 Å². The Bertz CT molecular complexity index is 1100. The van der Waals surface area contributed by atoms with Crippen LogP contribution in [0.3, 0.4) is 0 Å². The summed E-state index contributed by atoms with van der Waals surface area (Å²) >= 11 is 0.